The Morgan fingerprint density at radius 3 is 2.83 bits per heavy atom. The summed E-state index contributed by atoms with van der Waals surface area (Å²) in [5.41, 5.74) is 2.11. The van der Waals surface area contributed by atoms with E-state index in [2.05, 4.69) is 31.4 Å². The van der Waals surface area contributed by atoms with Crippen molar-refractivity contribution in [1.82, 2.24) is 15.5 Å². The number of nitrogens with one attached hydrogen (secondary N) is 1. The standard InChI is InChI=1S/C13H16BrN3O/c1-9-6-10(8-11(14)7-9)13-17-16-12(18-13)4-3-5-15-2/h6-8,15H,3-5H2,1-2H3. The molecule has 0 amide bonds. The lowest BCUT2D eigenvalue weighted by Gasteiger charge is -1.99. The third kappa shape index (κ3) is 3.40. The Hall–Kier alpha value is -1.20. The van der Waals surface area contributed by atoms with Crippen molar-refractivity contribution in [2.45, 2.75) is 19.8 Å². The van der Waals surface area contributed by atoms with Crippen LogP contribution in [0.2, 0.25) is 0 Å². The predicted octanol–water partition coefficient (Wildman–Crippen LogP) is 2.96. The molecule has 0 atom stereocenters. The lowest BCUT2D eigenvalue weighted by Crippen LogP contribution is -2.08. The second-order valence-electron chi connectivity index (χ2n) is 4.23. The Bertz CT molecular complexity index is 504. The van der Waals surface area contributed by atoms with Crippen LogP contribution in [0.25, 0.3) is 11.5 Å². The van der Waals surface area contributed by atoms with Crippen molar-refractivity contribution >= 4 is 15.9 Å². The molecular formula is C13H16BrN3O. The monoisotopic (exact) mass is 309 g/mol. The molecule has 4 nitrogen and oxygen atoms in total. The minimum atomic E-state index is 0.582. The van der Waals surface area contributed by atoms with Crippen LogP contribution in [0.5, 0.6) is 0 Å². The highest BCUT2D eigenvalue weighted by Crippen LogP contribution is 2.24. The van der Waals surface area contributed by atoms with Crippen LogP contribution < -0.4 is 5.32 Å². The van der Waals surface area contributed by atoms with E-state index in [4.69, 9.17) is 4.42 Å². The van der Waals surface area contributed by atoms with Gasteiger partial charge in [0.2, 0.25) is 11.8 Å². The molecule has 96 valence electrons. The van der Waals surface area contributed by atoms with Crippen molar-refractivity contribution in [1.29, 1.82) is 0 Å². The van der Waals surface area contributed by atoms with Crippen LogP contribution in [0.15, 0.2) is 27.1 Å². The Morgan fingerprint density at radius 2 is 2.11 bits per heavy atom. The van der Waals surface area contributed by atoms with E-state index in [1.165, 1.54) is 0 Å². The van der Waals surface area contributed by atoms with Gasteiger partial charge in [-0.2, -0.15) is 0 Å². The van der Waals surface area contributed by atoms with Crippen LogP contribution in [0.3, 0.4) is 0 Å². The van der Waals surface area contributed by atoms with E-state index in [1.54, 1.807) is 0 Å². The van der Waals surface area contributed by atoms with Crippen molar-refractivity contribution in [3.05, 3.63) is 34.1 Å². The maximum absolute atomic E-state index is 5.66. The average molecular weight is 310 g/mol. The Balaban J connectivity index is 2.13. The summed E-state index contributed by atoms with van der Waals surface area (Å²) in [7, 11) is 1.93. The van der Waals surface area contributed by atoms with Crippen LogP contribution >= 0.6 is 15.9 Å². The van der Waals surface area contributed by atoms with Gasteiger partial charge in [-0.1, -0.05) is 15.9 Å². The van der Waals surface area contributed by atoms with E-state index >= 15 is 0 Å². The van der Waals surface area contributed by atoms with Gasteiger partial charge in [0.25, 0.3) is 0 Å². The summed E-state index contributed by atoms with van der Waals surface area (Å²) < 4.78 is 6.68. The first-order valence-electron chi connectivity index (χ1n) is 5.93. The van der Waals surface area contributed by atoms with Gasteiger partial charge in [0.15, 0.2) is 0 Å². The fourth-order valence-electron chi connectivity index (χ4n) is 1.75. The van der Waals surface area contributed by atoms with Crippen LogP contribution in [-0.4, -0.2) is 23.8 Å². The fraction of sp³-hybridized carbons (Fsp3) is 0.385. The van der Waals surface area contributed by atoms with Crippen molar-refractivity contribution < 1.29 is 4.42 Å². The van der Waals surface area contributed by atoms with Crippen molar-refractivity contribution in [3.8, 4) is 11.5 Å². The van der Waals surface area contributed by atoms with E-state index in [9.17, 15) is 0 Å². The van der Waals surface area contributed by atoms with Gasteiger partial charge in [0, 0.05) is 16.5 Å². The molecule has 0 saturated carbocycles. The van der Waals surface area contributed by atoms with Crippen LogP contribution in [0.4, 0.5) is 0 Å². The number of halogens is 1. The number of aromatic nitrogens is 2. The molecule has 1 N–H and O–H groups in total. The maximum Gasteiger partial charge on any atom is 0.247 e. The summed E-state index contributed by atoms with van der Waals surface area (Å²) in [4.78, 5) is 0. The van der Waals surface area contributed by atoms with Crippen LogP contribution in [-0.2, 0) is 6.42 Å². The van der Waals surface area contributed by atoms with E-state index in [1.807, 2.05) is 32.2 Å². The topological polar surface area (TPSA) is 51.0 Å². The third-order valence-corrected chi connectivity index (χ3v) is 3.03. The zero-order valence-corrected chi connectivity index (χ0v) is 12.1. The van der Waals surface area contributed by atoms with E-state index in [-0.39, 0.29) is 0 Å². The molecule has 0 fully saturated rings. The highest BCUT2D eigenvalue weighted by molar-refractivity contribution is 9.10. The summed E-state index contributed by atoms with van der Waals surface area (Å²) in [6.07, 6.45) is 1.80. The average Bonchev–Trinajstić information content (AvgIpc) is 2.77. The molecule has 5 heteroatoms. The van der Waals surface area contributed by atoms with E-state index in [0.717, 1.165) is 35.0 Å². The number of hydrogen-bond donors (Lipinski definition) is 1. The highest BCUT2D eigenvalue weighted by atomic mass is 79.9. The molecule has 2 rings (SSSR count). The molecule has 0 radical (unpaired) electrons. The molecule has 0 aliphatic rings. The fourth-order valence-corrected chi connectivity index (χ4v) is 2.36. The second-order valence-corrected chi connectivity index (χ2v) is 5.14. The Kier molecular flexibility index (Phi) is 4.49. The van der Waals surface area contributed by atoms with Gasteiger partial charge >= 0.3 is 0 Å². The molecule has 0 unspecified atom stereocenters. The first-order chi connectivity index (χ1) is 8.69. The van der Waals surface area contributed by atoms with Crippen molar-refractivity contribution in [2.24, 2.45) is 0 Å². The lowest BCUT2D eigenvalue weighted by atomic mass is 10.1. The lowest BCUT2D eigenvalue weighted by molar-refractivity contribution is 0.494. The molecule has 0 bridgehead atoms. The summed E-state index contributed by atoms with van der Waals surface area (Å²) in [5, 5.41) is 11.2. The van der Waals surface area contributed by atoms with Gasteiger partial charge < -0.3 is 9.73 Å². The number of benzene rings is 1. The molecule has 18 heavy (non-hydrogen) atoms. The smallest absolute Gasteiger partial charge is 0.247 e. The number of rotatable bonds is 5. The second kappa shape index (κ2) is 6.11. The Morgan fingerprint density at radius 1 is 1.28 bits per heavy atom. The van der Waals surface area contributed by atoms with Gasteiger partial charge in [-0.3, -0.25) is 0 Å². The maximum atomic E-state index is 5.66. The number of nitrogens with zero attached hydrogens (tertiary/aromatic N) is 2. The molecular weight excluding hydrogens is 294 g/mol. The number of hydrogen-bond acceptors (Lipinski definition) is 4. The molecule has 1 aromatic carbocycles. The minimum absolute atomic E-state index is 0.582. The summed E-state index contributed by atoms with van der Waals surface area (Å²) in [6.45, 7) is 2.99. The number of aryl methyl sites for hydroxylation is 2. The van der Waals surface area contributed by atoms with Crippen LogP contribution in [0, 0.1) is 6.92 Å². The predicted molar refractivity (Wildman–Crippen MR) is 74.4 cm³/mol. The van der Waals surface area contributed by atoms with Crippen molar-refractivity contribution in [2.75, 3.05) is 13.6 Å². The largest absolute Gasteiger partial charge is 0.421 e. The molecule has 1 aromatic heterocycles. The zero-order valence-electron chi connectivity index (χ0n) is 10.5. The van der Waals surface area contributed by atoms with Gasteiger partial charge in [0.05, 0.1) is 0 Å². The first kappa shape index (κ1) is 13.2. The first-order valence-corrected chi connectivity index (χ1v) is 6.73. The highest BCUT2D eigenvalue weighted by Gasteiger charge is 2.09. The minimum Gasteiger partial charge on any atom is -0.421 e. The van der Waals surface area contributed by atoms with Gasteiger partial charge in [-0.05, 0) is 50.7 Å². The molecule has 0 aliphatic heterocycles. The van der Waals surface area contributed by atoms with Gasteiger partial charge in [-0.25, -0.2) is 0 Å². The van der Waals surface area contributed by atoms with Crippen LogP contribution in [0.1, 0.15) is 17.9 Å². The molecule has 0 saturated heterocycles. The van der Waals surface area contributed by atoms with E-state index in [0.29, 0.717) is 11.8 Å². The molecule has 1 heterocycles. The van der Waals surface area contributed by atoms with E-state index < -0.39 is 0 Å². The van der Waals surface area contributed by atoms with Gasteiger partial charge in [-0.15, -0.1) is 10.2 Å². The molecule has 0 aliphatic carbocycles. The van der Waals surface area contributed by atoms with Gasteiger partial charge in [0.1, 0.15) is 0 Å². The summed E-state index contributed by atoms with van der Waals surface area (Å²) in [5.74, 6) is 1.27. The summed E-state index contributed by atoms with van der Waals surface area (Å²) >= 11 is 3.47. The Labute approximate surface area is 115 Å². The SMILES string of the molecule is CNCCCc1nnc(-c2cc(C)cc(Br)c2)o1. The quantitative estimate of drug-likeness (QED) is 0.863. The summed E-state index contributed by atoms with van der Waals surface area (Å²) in [6, 6.07) is 6.07. The molecule has 0 spiro atoms. The third-order valence-electron chi connectivity index (χ3n) is 2.57. The van der Waals surface area contributed by atoms with Crippen molar-refractivity contribution in [3.63, 3.8) is 0 Å². The zero-order chi connectivity index (χ0) is 13.0. The normalized spacial score (nSPS) is 10.8. The molecule has 2 aromatic rings.